The quantitative estimate of drug-likeness (QED) is 0.458. The normalized spacial score (nSPS) is 41.3. The van der Waals surface area contributed by atoms with Gasteiger partial charge in [0.1, 0.15) is 0 Å². The summed E-state index contributed by atoms with van der Waals surface area (Å²) in [5, 5.41) is 0.545. The Balaban J connectivity index is 2.58. The molecule has 9 heavy (non-hydrogen) atoms. The summed E-state index contributed by atoms with van der Waals surface area (Å²) in [5.41, 5.74) is 0.608. The van der Waals surface area contributed by atoms with Crippen LogP contribution < -0.4 is 0 Å². The van der Waals surface area contributed by atoms with Gasteiger partial charge in [-0.15, -0.1) is 9.24 Å². The third-order valence-electron chi connectivity index (χ3n) is 2.26. The minimum absolute atomic E-state index is 0.545. The van der Waals surface area contributed by atoms with Gasteiger partial charge in [-0.05, 0) is 29.8 Å². The van der Waals surface area contributed by atoms with E-state index in [1.807, 2.05) is 0 Å². The Morgan fingerprint density at radius 2 is 1.67 bits per heavy atom. The zero-order chi connectivity index (χ0) is 7.12. The van der Waals surface area contributed by atoms with Gasteiger partial charge in [0.15, 0.2) is 0 Å². The van der Waals surface area contributed by atoms with E-state index in [1.165, 1.54) is 19.3 Å². The van der Waals surface area contributed by atoms with Crippen LogP contribution in [0.25, 0.3) is 0 Å². The highest BCUT2D eigenvalue weighted by Crippen LogP contribution is 2.47. The molecule has 0 radical (unpaired) electrons. The molecule has 0 amide bonds. The summed E-state index contributed by atoms with van der Waals surface area (Å²) in [6.45, 7) is 7.07. The molecule has 2 unspecified atom stereocenters. The van der Waals surface area contributed by atoms with Gasteiger partial charge < -0.3 is 0 Å². The van der Waals surface area contributed by atoms with E-state index in [9.17, 15) is 0 Å². The van der Waals surface area contributed by atoms with Crippen molar-refractivity contribution in [2.45, 2.75) is 45.2 Å². The largest absolute Gasteiger partial charge is 0.131 e. The Morgan fingerprint density at radius 1 is 1.11 bits per heavy atom. The van der Waals surface area contributed by atoms with E-state index in [2.05, 4.69) is 30.0 Å². The van der Waals surface area contributed by atoms with Crippen molar-refractivity contribution in [3.63, 3.8) is 0 Å². The summed E-state index contributed by atoms with van der Waals surface area (Å²) in [5.74, 6) is 0. The third-order valence-corrected chi connectivity index (χ3v) is 2.75. The van der Waals surface area contributed by atoms with Crippen molar-refractivity contribution in [2.75, 3.05) is 0 Å². The molecule has 0 aromatic heterocycles. The first-order valence-electron chi connectivity index (χ1n) is 3.70. The molecule has 0 spiro atoms. The molecular weight excluding hydrogens is 127 g/mol. The van der Waals surface area contributed by atoms with Crippen LogP contribution in [0.3, 0.4) is 0 Å². The van der Waals surface area contributed by atoms with Crippen molar-refractivity contribution in [3.8, 4) is 0 Å². The summed E-state index contributed by atoms with van der Waals surface area (Å²) in [6.07, 6.45) is 4.14. The summed E-state index contributed by atoms with van der Waals surface area (Å²) in [6, 6.07) is 0. The number of rotatable bonds is 0. The molecule has 1 aliphatic carbocycles. The van der Waals surface area contributed by atoms with E-state index in [0.717, 1.165) is 0 Å². The maximum absolute atomic E-state index is 2.97. The second-order valence-corrected chi connectivity index (χ2v) is 5.89. The van der Waals surface area contributed by atoms with Crippen LogP contribution in [0.5, 0.6) is 0 Å². The lowest BCUT2D eigenvalue weighted by atomic mass is 9.91. The van der Waals surface area contributed by atoms with Gasteiger partial charge in [0.05, 0.1) is 0 Å². The minimum Gasteiger partial charge on any atom is -0.131 e. The summed E-state index contributed by atoms with van der Waals surface area (Å²) < 4.78 is 0. The highest BCUT2D eigenvalue weighted by atomic mass is 31.0. The summed E-state index contributed by atoms with van der Waals surface area (Å²) in [7, 11) is 2.97. The van der Waals surface area contributed by atoms with Crippen molar-refractivity contribution in [3.05, 3.63) is 0 Å². The topological polar surface area (TPSA) is 0 Å². The van der Waals surface area contributed by atoms with E-state index in [1.54, 1.807) is 0 Å². The average Bonchev–Trinajstić information content (AvgIpc) is 1.78. The van der Waals surface area contributed by atoms with E-state index < -0.39 is 0 Å². The fraction of sp³-hybridized carbons (Fsp3) is 1.00. The standard InChI is InChI=1S/C8H17P/c1-7(2)4-5-8(3,9)6-7/h4-6,9H2,1-3H3. The monoisotopic (exact) mass is 144 g/mol. The second kappa shape index (κ2) is 1.95. The molecule has 0 aromatic carbocycles. The Kier molecular flexibility index (Phi) is 1.64. The highest BCUT2D eigenvalue weighted by molar-refractivity contribution is 7.18. The lowest BCUT2D eigenvalue weighted by Crippen LogP contribution is -2.12. The number of hydrogen-bond acceptors (Lipinski definition) is 0. The SMILES string of the molecule is CC1(C)CCC(C)(P)C1. The van der Waals surface area contributed by atoms with Gasteiger partial charge in [-0.2, -0.15) is 0 Å². The lowest BCUT2D eigenvalue weighted by Gasteiger charge is -2.20. The molecule has 1 heteroatoms. The maximum atomic E-state index is 2.97. The Hall–Kier alpha value is 0.430. The van der Waals surface area contributed by atoms with Gasteiger partial charge in [-0.25, -0.2) is 0 Å². The number of hydrogen-bond donors (Lipinski definition) is 0. The molecule has 2 atom stereocenters. The van der Waals surface area contributed by atoms with Gasteiger partial charge in [-0.3, -0.25) is 0 Å². The molecule has 1 rings (SSSR count). The Morgan fingerprint density at radius 3 is 1.78 bits per heavy atom. The molecule has 54 valence electrons. The van der Waals surface area contributed by atoms with Crippen LogP contribution in [0.15, 0.2) is 0 Å². The predicted molar refractivity (Wildman–Crippen MR) is 45.7 cm³/mol. The zero-order valence-corrected chi connectivity index (χ0v) is 7.85. The maximum Gasteiger partial charge on any atom is -0.0173 e. The van der Waals surface area contributed by atoms with Gasteiger partial charge in [0, 0.05) is 0 Å². The molecule has 0 heterocycles. The fourth-order valence-electron chi connectivity index (χ4n) is 1.89. The summed E-state index contributed by atoms with van der Waals surface area (Å²) in [4.78, 5) is 0. The van der Waals surface area contributed by atoms with E-state index in [0.29, 0.717) is 10.6 Å². The molecule has 0 saturated heterocycles. The van der Waals surface area contributed by atoms with Crippen molar-refractivity contribution < 1.29 is 0 Å². The van der Waals surface area contributed by atoms with Crippen molar-refractivity contribution in [2.24, 2.45) is 5.41 Å². The molecule has 0 nitrogen and oxygen atoms in total. The van der Waals surface area contributed by atoms with Gasteiger partial charge in [0.25, 0.3) is 0 Å². The van der Waals surface area contributed by atoms with Crippen molar-refractivity contribution in [1.82, 2.24) is 0 Å². The molecular formula is C8H17P. The lowest BCUT2D eigenvalue weighted by molar-refractivity contribution is 0.373. The van der Waals surface area contributed by atoms with E-state index >= 15 is 0 Å². The van der Waals surface area contributed by atoms with Crippen LogP contribution in [-0.4, -0.2) is 5.16 Å². The van der Waals surface area contributed by atoms with Gasteiger partial charge in [0.2, 0.25) is 0 Å². The van der Waals surface area contributed by atoms with Crippen LogP contribution in [0.4, 0.5) is 0 Å². The molecule has 0 bridgehead atoms. The predicted octanol–water partition coefficient (Wildman–Crippen LogP) is 2.83. The first kappa shape index (κ1) is 7.54. The highest BCUT2D eigenvalue weighted by Gasteiger charge is 2.36. The first-order valence-corrected chi connectivity index (χ1v) is 4.28. The molecule has 0 aromatic rings. The molecule has 1 saturated carbocycles. The Bertz CT molecular complexity index is 99.7. The fourth-order valence-corrected chi connectivity index (χ4v) is 2.59. The summed E-state index contributed by atoms with van der Waals surface area (Å²) >= 11 is 0. The minimum atomic E-state index is 0.545. The Labute approximate surface area is 60.6 Å². The molecule has 1 aliphatic rings. The average molecular weight is 144 g/mol. The van der Waals surface area contributed by atoms with Crippen molar-refractivity contribution in [1.29, 1.82) is 0 Å². The van der Waals surface area contributed by atoms with Gasteiger partial charge in [-0.1, -0.05) is 20.8 Å². The van der Waals surface area contributed by atoms with Crippen molar-refractivity contribution >= 4 is 9.24 Å². The first-order chi connectivity index (χ1) is 3.91. The van der Waals surface area contributed by atoms with Crippen LogP contribution in [0.1, 0.15) is 40.0 Å². The molecule has 0 N–H and O–H groups in total. The van der Waals surface area contributed by atoms with E-state index in [-0.39, 0.29) is 0 Å². The van der Waals surface area contributed by atoms with E-state index in [4.69, 9.17) is 0 Å². The van der Waals surface area contributed by atoms with Crippen LogP contribution in [0.2, 0.25) is 0 Å². The molecule has 0 aliphatic heterocycles. The smallest absolute Gasteiger partial charge is 0.0173 e. The second-order valence-electron chi connectivity index (χ2n) is 4.50. The molecule has 1 fully saturated rings. The van der Waals surface area contributed by atoms with Crippen LogP contribution in [0, 0.1) is 5.41 Å². The van der Waals surface area contributed by atoms with Crippen LogP contribution >= 0.6 is 9.24 Å². The zero-order valence-electron chi connectivity index (χ0n) is 6.70. The van der Waals surface area contributed by atoms with Crippen LogP contribution in [-0.2, 0) is 0 Å². The third kappa shape index (κ3) is 1.93. The van der Waals surface area contributed by atoms with Gasteiger partial charge >= 0.3 is 0 Å².